The van der Waals surface area contributed by atoms with E-state index in [0.717, 1.165) is 0 Å². The molecule has 0 aliphatic carbocycles. The van der Waals surface area contributed by atoms with Crippen molar-refractivity contribution in [1.29, 1.82) is 0 Å². The SMILES string of the molecule is C=C(C)c1cn(NC(=O)OC(C)(C)C)c(C(=O)OCC)n1. The summed E-state index contributed by atoms with van der Waals surface area (Å²) >= 11 is 0. The van der Waals surface area contributed by atoms with Gasteiger partial charge < -0.3 is 9.47 Å². The minimum Gasteiger partial charge on any atom is -0.460 e. The summed E-state index contributed by atoms with van der Waals surface area (Å²) < 4.78 is 11.2. The number of ether oxygens (including phenoxy) is 2. The molecule has 7 heteroatoms. The van der Waals surface area contributed by atoms with E-state index < -0.39 is 17.7 Å². The zero-order valence-corrected chi connectivity index (χ0v) is 13.0. The van der Waals surface area contributed by atoms with Crippen LogP contribution in [0.5, 0.6) is 0 Å². The number of esters is 1. The van der Waals surface area contributed by atoms with Gasteiger partial charge in [0.15, 0.2) is 0 Å². The number of rotatable bonds is 4. The molecular formula is C14H21N3O4. The Morgan fingerprint density at radius 3 is 2.52 bits per heavy atom. The van der Waals surface area contributed by atoms with Crippen molar-refractivity contribution in [3.8, 4) is 0 Å². The van der Waals surface area contributed by atoms with Gasteiger partial charge in [0.25, 0.3) is 0 Å². The first-order valence-electron chi connectivity index (χ1n) is 6.56. The first-order chi connectivity index (χ1) is 9.64. The highest BCUT2D eigenvalue weighted by Gasteiger charge is 2.21. The summed E-state index contributed by atoms with van der Waals surface area (Å²) in [4.78, 5) is 27.7. The molecule has 21 heavy (non-hydrogen) atoms. The fourth-order valence-corrected chi connectivity index (χ4v) is 1.41. The highest BCUT2D eigenvalue weighted by atomic mass is 16.6. The molecule has 1 amide bonds. The molecule has 0 saturated carbocycles. The number of aromatic nitrogens is 2. The van der Waals surface area contributed by atoms with Gasteiger partial charge >= 0.3 is 12.1 Å². The molecule has 0 unspecified atom stereocenters. The van der Waals surface area contributed by atoms with Gasteiger partial charge in [-0.05, 0) is 40.2 Å². The summed E-state index contributed by atoms with van der Waals surface area (Å²) in [7, 11) is 0. The van der Waals surface area contributed by atoms with Crippen molar-refractivity contribution in [2.24, 2.45) is 0 Å². The Morgan fingerprint density at radius 2 is 2.05 bits per heavy atom. The Balaban J connectivity index is 3.01. The van der Waals surface area contributed by atoms with E-state index in [1.165, 1.54) is 10.9 Å². The Kier molecular flexibility index (Phi) is 5.12. The normalized spacial score (nSPS) is 10.9. The predicted molar refractivity (Wildman–Crippen MR) is 78.5 cm³/mol. The average Bonchev–Trinajstić information content (AvgIpc) is 2.70. The molecule has 0 saturated heterocycles. The van der Waals surface area contributed by atoms with Crippen LogP contribution in [0.2, 0.25) is 0 Å². The molecule has 1 rings (SSSR count). The number of allylic oxidation sites excluding steroid dienone is 1. The number of nitrogens with one attached hydrogen (secondary N) is 1. The molecule has 0 aliphatic heterocycles. The van der Waals surface area contributed by atoms with E-state index in [0.29, 0.717) is 11.3 Å². The van der Waals surface area contributed by atoms with Crippen molar-refractivity contribution in [1.82, 2.24) is 9.66 Å². The van der Waals surface area contributed by atoms with Crippen molar-refractivity contribution < 1.29 is 19.1 Å². The standard InChI is InChI=1S/C14H21N3O4/c1-7-20-12(18)11-15-10(9(2)3)8-17(11)16-13(19)21-14(4,5)6/h8H,2,7H2,1,3-6H3,(H,16,19). The van der Waals surface area contributed by atoms with E-state index in [1.807, 2.05) is 0 Å². The van der Waals surface area contributed by atoms with Crippen LogP contribution in [0.15, 0.2) is 12.8 Å². The number of hydrogen-bond acceptors (Lipinski definition) is 5. The first kappa shape index (κ1) is 16.7. The maximum Gasteiger partial charge on any atom is 0.427 e. The molecule has 0 radical (unpaired) electrons. The molecule has 1 heterocycles. The highest BCUT2D eigenvalue weighted by Crippen LogP contribution is 2.12. The smallest absolute Gasteiger partial charge is 0.427 e. The van der Waals surface area contributed by atoms with E-state index in [2.05, 4.69) is 17.0 Å². The van der Waals surface area contributed by atoms with E-state index in [9.17, 15) is 9.59 Å². The Bertz CT molecular complexity index is 555. The summed E-state index contributed by atoms with van der Waals surface area (Å²) in [6.45, 7) is 12.6. The molecule has 0 atom stereocenters. The van der Waals surface area contributed by atoms with Gasteiger partial charge in [0, 0.05) is 0 Å². The van der Waals surface area contributed by atoms with Gasteiger partial charge in [-0.3, -0.25) is 0 Å². The molecule has 1 aromatic rings. The summed E-state index contributed by atoms with van der Waals surface area (Å²) in [5.74, 6) is -0.679. The van der Waals surface area contributed by atoms with Crippen LogP contribution < -0.4 is 5.43 Å². The van der Waals surface area contributed by atoms with Crippen LogP contribution >= 0.6 is 0 Å². The van der Waals surface area contributed by atoms with Crippen LogP contribution in [-0.2, 0) is 9.47 Å². The van der Waals surface area contributed by atoms with Gasteiger partial charge in [0.05, 0.1) is 18.5 Å². The van der Waals surface area contributed by atoms with E-state index in [-0.39, 0.29) is 12.4 Å². The summed E-state index contributed by atoms with van der Waals surface area (Å²) in [6.07, 6.45) is 0.789. The monoisotopic (exact) mass is 295 g/mol. The van der Waals surface area contributed by atoms with Crippen LogP contribution in [0.3, 0.4) is 0 Å². The Morgan fingerprint density at radius 1 is 1.43 bits per heavy atom. The number of hydrogen-bond donors (Lipinski definition) is 1. The van der Waals surface area contributed by atoms with E-state index in [4.69, 9.17) is 9.47 Å². The van der Waals surface area contributed by atoms with Crippen LogP contribution in [0, 0.1) is 0 Å². The topological polar surface area (TPSA) is 82.5 Å². The Labute approximate surface area is 123 Å². The van der Waals surface area contributed by atoms with Crippen molar-refractivity contribution in [2.75, 3.05) is 12.0 Å². The quantitative estimate of drug-likeness (QED) is 0.863. The van der Waals surface area contributed by atoms with Crippen LogP contribution in [-0.4, -0.2) is 33.9 Å². The van der Waals surface area contributed by atoms with Crippen molar-refractivity contribution >= 4 is 17.6 Å². The summed E-state index contributed by atoms with van der Waals surface area (Å²) in [5, 5.41) is 0. The second-order valence-corrected chi connectivity index (χ2v) is 5.43. The minimum absolute atomic E-state index is 0.0410. The number of imidazole rings is 1. The second kappa shape index (κ2) is 6.43. The molecular weight excluding hydrogens is 274 g/mol. The lowest BCUT2D eigenvalue weighted by molar-refractivity contribution is 0.0505. The van der Waals surface area contributed by atoms with Gasteiger partial charge in [-0.2, -0.15) is 0 Å². The molecule has 0 bridgehead atoms. The fourth-order valence-electron chi connectivity index (χ4n) is 1.41. The van der Waals surface area contributed by atoms with Crippen LogP contribution in [0.1, 0.15) is 50.9 Å². The van der Waals surface area contributed by atoms with Gasteiger partial charge in [-0.15, -0.1) is 0 Å². The maximum atomic E-state index is 11.8. The number of carbonyl (C=O) groups is 2. The molecule has 116 valence electrons. The van der Waals surface area contributed by atoms with Gasteiger partial charge in [0.2, 0.25) is 5.82 Å². The van der Waals surface area contributed by atoms with Gasteiger partial charge in [-0.25, -0.2) is 24.7 Å². The Hall–Kier alpha value is -2.31. The molecule has 0 aromatic carbocycles. The van der Waals surface area contributed by atoms with Crippen LogP contribution in [0.4, 0.5) is 4.79 Å². The summed E-state index contributed by atoms with van der Waals surface area (Å²) in [5.41, 5.74) is 2.92. The third-order valence-corrected chi connectivity index (χ3v) is 2.21. The molecule has 7 nitrogen and oxygen atoms in total. The molecule has 0 spiro atoms. The lowest BCUT2D eigenvalue weighted by Crippen LogP contribution is -2.33. The maximum absolute atomic E-state index is 11.8. The van der Waals surface area contributed by atoms with Gasteiger partial charge in [-0.1, -0.05) is 6.58 Å². The summed E-state index contributed by atoms with van der Waals surface area (Å²) in [6, 6.07) is 0. The highest BCUT2D eigenvalue weighted by molar-refractivity contribution is 5.87. The van der Waals surface area contributed by atoms with Crippen molar-refractivity contribution in [2.45, 2.75) is 40.2 Å². The predicted octanol–water partition coefficient (Wildman–Crippen LogP) is 2.57. The largest absolute Gasteiger partial charge is 0.460 e. The molecule has 1 aromatic heterocycles. The third-order valence-electron chi connectivity index (χ3n) is 2.21. The molecule has 0 fully saturated rings. The van der Waals surface area contributed by atoms with E-state index in [1.54, 1.807) is 34.6 Å². The lowest BCUT2D eigenvalue weighted by atomic mass is 10.2. The van der Waals surface area contributed by atoms with E-state index >= 15 is 0 Å². The number of nitrogens with zero attached hydrogens (tertiary/aromatic N) is 2. The fraction of sp³-hybridized carbons (Fsp3) is 0.500. The molecule has 1 N–H and O–H groups in total. The minimum atomic E-state index is -0.696. The lowest BCUT2D eigenvalue weighted by Gasteiger charge is -2.20. The van der Waals surface area contributed by atoms with Crippen molar-refractivity contribution in [3.05, 3.63) is 24.3 Å². The number of amides is 1. The first-order valence-corrected chi connectivity index (χ1v) is 6.56. The zero-order valence-electron chi connectivity index (χ0n) is 13.0. The third kappa shape index (κ3) is 4.94. The average molecular weight is 295 g/mol. The number of carbonyl (C=O) groups excluding carboxylic acids is 2. The molecule has 0 aliphatic rings. The van der Waals surface area contributed by atoms with Crippen molar-refractivity contribution in [3.63, 3.8) is 0 Å². The van der Waals surface area contributed by atoms with Gasteiger partial charge in [0.1, 0.15) is 5.60 Å². The van der Waals surface area contributed by atoms with Crippen LogP contribution in [0.25, 0.3) is 5.57 Å². The second-order valence-electron chi connectivity index (χ2n) is 5.43. The zero-order chi connectivity index (χ0) is 16.2.